The molecule has 0 radical (unpaired) electrons. The highest BCUT2D eigenvalue weighted by Crippen LogP contribution is 2.35. The maximum Gasteiger partial charge on any atom is 0.228 e. The number of nitrogens with zero attached hydrogens (tertiary/aromatic N) is 2. The molecule has 8 nitrogen and oxygen atoms in total. The molecule has 10 heteroatoms. The van der Waals surface area contributed by atoms with Crippen LogP contribution in [0.3, 0.4) is 0 Å². The van der Waals surface area contributed by atoms with Gasteiger partial charge in [-0.25, -0.2) is 0 Å². The van der Waals surface area contributed by atoms with E-state index in [-0.39, 0.29) is 11.8 Å². The van der Waals surface area contributed by atoms with Crippen LogP contribution in [0.1, 0.15) is 61.6 Å². The van der Waals surface area contributed by atoms with Crippen molar-refractivity contribution in [3.8, 4) is 17.2 Å². The molecule has 1 atom stereocenters. The predicted octanol–water partition coefficient (Wildman–Crippen LogP) is 8.30. The van der Waals surface area contributed by atoms with Gasteiger partial charge in [-0.2, -0.15) is 0 Å². The number of carbonyl (C=O) groups is 1. The minimum Gasteiger partial charge on any atom is -0.491 e. The van der Waals surface area contributed by atoms with E-state index in [9.17, 15) is 4.79 Å². The van der Waals surface area contributed by atoms with E-state index < -0.39 is 0 Å². The quantitative estimate of drug-likeness (QED) is 0.115. The van der Waals surface area contributed by atoms with Crippen LogP contribution in [0.5, 0.6) is 17.2 Å². The first-order valence-electron chi connectivity index (χ1n) is 18.1. The maximum absolute atomic E-state index is 14.2. The van der Waals surface area contributed by atoms with Gasteiger partial charge in [0, 0.05) is 45.1 Å². The van der Waals surface area contributed by atoms with Crippen LogP contribution in [0, 0.1) is 12.8 Å². The van der Waals surface area contributed by atoms with Crippen molar-refractivity contribution < 1.29 is 28.5 Å². The smallest absolute Gasteiger partial charge is 0.228 e. The summed E-state index contributed by atoms with van der Waals surface area (Å²) in [7, 11) is 1.74. The first-order valence-corrected chi connectivity index (χ1v) is 18.8. The molecule has 2 aliphatic carbocycles. The van der Waals surface area contributed by atoms with Gasteiger partial charge in [0.1, 0.15) is 31.3 Å². The van der Waals surface area contributed by atoms with Crippen LogP contribution in [-0.2, 0) is 27.2 Å². The van der Waals surface area contributed by atoms with Crippen LogP contribution in [0.4, 0.5) is 5.69 Å². The number of hydrogen-bond donors (Lipinski definition) is 0. The molecule has 1 aliphatic heterocycles. The standard InChI is InChI=1S/C40H50Cl2N2O6/c1-28-21-37(41)39(38(42)22-28)50-20-19-48-34-11-9-32(10-12-34)43-15-3-6-31(27-43)40(45)44(33-7-8-33)26-30-23-29(5-4-16-46-2)24-36(25-30)49-18-17-47-35-13-14-35/h9-12,21-25,31,33,35H,3-8,13-20,26-27H2,1-2H3. The summed E-state index contributed by atoms with van der Waals surface area (Å²) in [6.07, 6.45) is 8.58. The normalized spacial score (nSPS) is 17.4. The van der Waals surface area contributed by atoms with Gasteiger partial charge in [0.15, 0.2) is 5.75 Å². The second-order valence-electron chi connectivity index (χ2n) is 13.7. The molecule has 1 amide bonds. The average Bonchev–Trinajstić information content (AvgIpc) is 4.05. The van der Waals surface area contributed by atoms with Gasteiger partial charge in [0.05, 0.1) is 28.7 Å². The van der Waals surface area contributed by atoms with Crippen LogP contribution in [0.25, 0.3) is 0 Å². The van der Waals surface area contributed by atoms with Crippen molar-refractivity contribution in [2.24, 2.45) is 5.92 Å². The summed E-state index contributed by atoms with van der Waals surface area (Å²) in [4.78, 5) is 18.6. The van der Waals surface area contributed by atoms with Gasteiger partial charge in [-0.05, 0) is 124 Å². The fourth-order valence-electron chi connectivity index (χ4n) is 6.58. The lowest BCUT2D eigenvalue weighted by molar-refractivity contribution is -0.137. The van der Waals surface area contributed by atoms with E-state index in [1.807, 2.05) is 31.2 Å². The number of methoxy groups -OCH3 is 1. The van der Waals surface area contributed by atoms with Crippen LogP contribution >= 0.6 is 23.2 Å². The second-order valence-corrected chi connectivity index (χ2v) is 14.5. The lowest BCUT2D eigenvalue weighted by Crippen LogP contribution is -2.45. The first-order chi connectivity index (χ1) is 24.4. The molecule has 6 rings (SSSR count). The van der Waals surface area contributed by atoms with Crippen molar-refractivity contribution in [2.45, 2.75) is 77.0 Å². The number of hydrogen-bond acceptors (Lipinski definition) is 7. The Labute approximate surface area is 306 Å². The second kappa shape index (κ2) is 17.9. The summed E-state index contributed by atoms with van der Waals surface area (Å²) in [5, 5.41) is 0.982. The summed E-state index contributed by atoms with van der Waals surface area (Å²) in [5.74, 6) is 2.30. The minimum atomic E-state index is -0.0435. The number of anilines is 1. The molecular weight excluding hydrogens is 675 g/mol. The molecule has 0 bridgehead atoms. The van der Waals surface area contributed by atoms with Gasteiger partial charge in [-0.15, -0.1) is 0 Å². The van der Waals surface area contributed by atoms with Gasteiger partial charge >= 0.3 is 0 Å². The van der Waals surface area contributed by atoms with E-state index in [1.54, 1.807) is 7.11 Å². The van der Waals surface area contributed by atoms with Gasteiger partial charge in [-0.1, -0.05) is 29.3 Å². The van der Waals surface area contributed by atoms with Crippen molar-refractivity contribution >= 4 is 34.8 Å². The topological polar surface area (TPSA) is 69.7 Å². The Hall–Kier alpha value is -3.17. The van der Waals surface area contributed by atoms with E-state index in [2.05, 4.69) is 40.1 Å². The Morgan fingerprint density at radius 1 is 0.820 bits per heavy atom. The molecule has 1 saturated heterocycles. The van der Waals surface area contributed by atoms with Crippen LogP contribution in [0.15, 0.2) is 54.6 Å². The summed E-state index contributed by atoms with van der Waals surface area (Å²) in [5.41, 5.74) is 4.41. The number of piperidine rings is 1. The molecule has 2 saturated carbocycles. The van der Waals surface area contributed by atoms with Crippen LogP contribution in [0.2, 0.25) is 10.0 Å². The SMILES string of the molecule is COCCCc1cc(CN(C(=O)C2CCCN(c3ccc(OCCOc4c(Cl)cc(C)cc4Cl)cc3)C2)C2CC2)cc(OCCOC2CC2)c1. The highest BCUT2D eigenvalue weighted by molar-refractivity contribution is 6.37. The molecule has 3 aromatic rings. The molecule has 3 fully saturated rings. The molecule has 0 spiro atoms. The zero-order valence-electron chi connectivity index (χ0n) is 29.3. The average molecular weight is 726 g/mol. The maximum atomic E-state index is 14.2. The molecule has 50 heavy (non-hydrogen) atoms. The summed E-state index contributed by atoms with van der Waals surface area (Å²) in [6.45, 7) is 6.69. The number of halogens is 2. The molecule has 0 aromatic heterocycles. The third-order valence-electron chi connectivity index (χ3n) is 9.41. The van der Waals surface area contributed by atoms with Gasteiger partial charge in [0.2, 0.25) is 5.91 Å². The largest absolute Gasteiger partial charge is 0.491 e. The van der Waals surface area contributed by atoms with Crippen molar-refractivity contribution in [3.63, 3.8) is 0 Å². The molecule has 3 aromatic carbocycles. The Morgan fingerprint density at radius 2 is 1.52 bits per heavy atom. The van der Waals surface area contributed by atoms with Gasteiger partial charge < -0.3 is 33.5 Å². The molecule has 3 aliphatic rings. The Bertz CT molecular complexity index is 1540. The molecule has 1 heterocycles. The summed E-state index contributed by atoms with van der Waals surface area (Å²) >= 11 is 12.6. The third-order valence-corrected chi connectivity index (χ3v) is 9.97. The highest BCUT2D eigenvalue weighted by atomic mass is 35.5. The zero-order chi connectivity index (χ0) is 34.9. The number of amides is 1. The Morgan fingerprint density at radius 3 is 2.24 bits per heavy atom. The fourth-order valence-corrected chi connectivity index (χ4v) is 7.28. The predicted molar refractivity (Wildman–Crippen MR) is 198 cm³/mol. The molecule has 0 N–H and O–H groups in total. The van der Waals surface area contributed by atoms with Crippen LogP contribution in [-0.4, -0.2) is 76.2 Å². The number of benzene rings is 3. The lowest BCUT2D eigenvalue weighted by atomic mass is 9.95. The highest BCUT2D eigenvalue weighted by Gasteiger charge is 2.37. The van der Waals surface area contributed by atoms with Gasteiger partial charge in [-0.3, -0.25) is 4.79 Å². The fraction of sp³-hybridized carbons (Fsp3) is 0.525. The van der Waals surface area contributed by atoms with Crippen LogP contribution < -0.4 is 19.1 Å². The number of carbonyl (C=O) groups excluding carboxylic acids is 1. The summed E-state index contributed by atoms with van der Waals surface area (Å²) < 4.78 is 28.9. The lowest BCUT2D eigenvalue weighted by Gasteiger charge is -2.36. The van der Waals surface area contributed by atoms with E-state index in [0.29, 0.717) is 74.1 Å². The molecule has 270 valence electrons. The first kappa shape index (κ1) is 36.6. The van der Waals surface area contributed by atoms with E-state index in [0.717, 1.165) is 86.2 Å². The molecular formula is C40H50Cl2N2O6. The van der Waals surface area contributed by atoms with E-state index in [4.69, 9.17) is 46.9 Å². The van der Waals surface area contributed by atoms with Crippen molar-refractivity contribution in [2.75, 3.05) is 58.1 Å². The molecule has 1 unspecified atom stereocenters. The van der Waals surface area contributed by atoms with Gasteiger partial charge in [0.25, 0.3) is 0 Å². The van der Waals surface area contributed by atoms with Crippen molar-refractivity contribution in [1.29, 1.82) is 0 Å². The number of aryl methyl sites for hydroxylation is 2. The van der Waals surface area contributed by atoms with Crippen molar-refractivity contribution in [1.82, 2.24) is 4.90 Å². The monoisotopic (exact) mass is 724 g/mol. The summed E-state index contributed by atoms with van der Waals surface area (Å²) in [6, 6.07) is 18.5. The zero-order valence-corrected chi connectivity index (χ0v) is 30.9. The Balaban J connectivity index is 1.03. The van der Waals surface area contributed by atoms with Crippen molar-refractivity contribution in [3.05, 3.63) is 81.3 Å². The number of rotatable bonds is 19. The number of ether oxygens (including phenoxy) is 5. The Kier molecular flexibility index (Phi) is 13.1. The van der Waals surface area contributed by atoms with E-state index >= 15 is 0 Å². The third kappa shape index (κ3) is 10.7. The van der Waals surface area contributed by atoms with E-state index in [1.165, 1.54) is 5.56 Å². The minimum absolute atomic E-state index is 0.0435.